The third-order valence-electron chi connectivity index (χ3n) is 4.07. The molecule has 0 atom stereocenters. The van der Waals surface area contributed by atoms with Crippen LogP contribution in [-0.4, -0.2) is 38.7 Å². The number of carbonyl (C=O) groups excluding carboxylic acids is 2. The van der Waals surface area contributed by atoms with Gasteiger partial charge in [0.05, 0.1) is 24.5 Å². The minimum absolute atomic E-state index is 0.265. The summed E-state index contributed by atoms with van der Waals surface area (Å²) in [6.07, 6.45) is 0.946. The zero-order chi connectivity index (χ0) is 20.4. The fraction of sp³-hybridized carbons (Fsp3) is 0.364. The van der Waals surface area contributed by atoms with Crippen LogP contribution in [0.4, 0.5) is 5.69 Å². The normalized spacial score (nSPS) is 10.6. The lowest BCUT2D eigenvalue weighted by molar-refractivity contribution is 0.0938. The Labute approximate surface area is 166 Å². The molecule has 0 spiro atoms. The van der Waals surface area contributed by atoms with Gasteiger partial charge in [0.1, 0.15) is 5.75 Å². The topological polar surface area (TPSA) is 76.7 Å². The Kier molecular flexibility index (Phi) is 8.49. The smallest absolute Gasteiger partial charge is 0.255 e. The highest BCUT2D eigenvalue weighted by Crippen LogP contribution is 2.19. The molecule has 0 aromatic heterocycles. The van der Waals surface area contributed by atoms with E-state index < -0.39 is 0 Å². The second-order valence-electron chi connectivity index (χ2n) is 6.81. The number of amides is 2. The molecule has 0 heterocycles. The molecule has 2 rings (SSSR count). The number of methoxy groups -OCH3 is 1. The van der Waals surface area contributed by atoms with Crippen LogP contribution in [-0.2, 0) is 4.74 Å². The number of carbonyl (C=O) groups is 2. The van der Waals surface area contributed by atoms with Crippen LogP contribution >= 0.6 is 0 Å². The Hall–Kier alpha value is -2.86. The van der Waals surface area contributed by atoms with Gasteiger partial charge in [0.15, 0.2) is 0 Å². The van der Waals surface area contributed by atoms with Gasteiger partial charge < -0.3 is 20.1 Å². The molecule has 150 valence electrons. The highest BCUT2D eigenvalue weighted by molar-refractivity contribution is 6.09. The van der Waals surface area contributed by atoms with E-state index in [9.17, 15) is 9.59 Å². The van der Waals surface area contributed by atoms with E-state index >= 15 is 0 Å². The number of ether oxygens (including phenoxy) is 2. The maximum absolute atomic E-state index is 12.7. The molecule has 0 bridgehead atoms. The average molecular weight is 384 g/mol. The standard InChI is InChI=1S/C22H28N2O4/c1-16(2)11-13-28-18-8-6-7-17(15-18)21(25)24-20-10-5-4-9-19(20)22(26)23-12-14-27-3/h4-10,15-16H,11-14H2,1-3H3,(H,23,26)(H,24,25). The molecule has 0 fully saturated rings. The summed E-state index contributed by atoms with van der Waals surface area (Å²) in [7, 11) is 1.57. The molecular weight excluding hydrogens is 356 g/mol. The number of rotatable bonds is 10. The molecule has 2 amide bonds. The Bertz CT molecular complexity index is 790. The van der Waals surface area contributed by atoms with Crippen molar-refractivity contribution in [1.82, 2.24) is 5.32 Å². The van der Waals surface area contributed by atoms with Crippen molar-refractivity contribution in [2.75, 3.05) is 32.2 Å². The van der Waals surface area contributed by atoms with E-state index in [-0.39, 0.29) is 11.8 Å². The molecule has 6 heteroatoms. The van der Waals surface area contributed by atoms with Crippen LogP contribution in [0.5, 0.6) is 5.75 Å². The van der Waals surface area contributed by atoms with Crippen molar-refractivity contribution < 1.29 is 19.1 Å². The monoisotopic (exact) mass is 384 g/mol. The summed E-state index contributed by atoms with van der Waals surface area (Å²) in [6, 6.07) is 13.9. The van der Waals surface area contributed by atoms with Gasteiger partial charge in [-0.25, -0.2) is 0 Å². The zero-order valence-electron chi connectivity index (χ0n) is 16.7. The summed E-state index contributed by atoms with van der Waals surface area (Å²) in [5.74, 6) is 0.641. The van der Waals surface area contributed by atoms with E-state index in [0.717, 1.165) is 6.42 Å². The number of para-hydroxylation sites is 1. The van der Waals surface area contributed by atoms with Gasteiger partial charge in [0, 0.05) is 19.2 Å². The van der Waals surface area contributed by atoms with E-state index in [1.54, 1.807) is 49.6 Å². The van der Waals surface area contributed by atoms with E-state index in [2.05, 4.69) is 24.5 Å². The first-order valence-electron chi connectivity index (χ1n) is 9.41. The van der Waals surface area contributed by atoms with Crippen LogP contribution in [0.1, 0.15) is 41.0 Å². The molecule has 0 aliphatic heterocycles. The number of benzene rings is 2. The molecule has 0 radical (unpaired) electrons. The van der Waals surface area contributed by atoms with E-state index in [0.29, 0.717) is 48.2 Å². The van der Waals surface area contributed by atoms with Gasteiger partial charge in [0.25, 0.3) is 11.8 Å². The molecule has 0 aliphatic carbocycles. The van der Waals surface area contributed by atoms with Gasteiger partial charge in [-0.05, 0) is 42.7 Å². The van der Waals surface area contributed by atoms with Crippen molar-refractivity contribution in [2.24, 2.45) is 5.92 Å². The second-order valence-corrected chi connectivity index (χ2v) is 6.81. The van der Waals surface area contributed by atoms with Crippen LogP contribution in [0, 0.1) is 5.92 Å². The third kappa shape index (κ3) is 6.70. The van der Waals surface area contributed by atoms with E-state index in [1.165, 1.54) is 0 Å². The molecule has 2 aromatic rings. The van der Waals surface area contributed by atoms with Gasteiger partial charge >= 0.3 is 0 Å². The van der Waals surface area contributed by atoms with Gasteiger partial charge in [-0.2, -0.15) is 0 Å². The Balaban J connectivity index is 2.06. The van der Waals surface area contributed by atoms with Crippen molar-refractivity contribution in [1.29, 1.82) is 0 Å². The van der Waals surface area contributed by atoms with Crippen molar-refractivity contribution in [3.63, 3.8) is 0 Å². The summed E-state index contributed by atoms with van der Waals surface area (Å²) in [5.41, 5.74) is 1.32. The summed E-state index contributed by atoms with van der Waals surface area (Å²) >= 11 is 0. The highest BCUT2D eigenvalue weighted by atomic mass is 16.5. The molecular formula is C22H28N2O4. The first-order chi connectivity index (χ1) is 13.5. The van der Waals surface area contributed by atoms with Crippen molar-refractivity contribution in [3.05, 3.63) is 59.7 Å². The molecule has 2 N–H and O–H groups in total. The maximum Gasteiger partial charge on any atom is 0.255 e. The summed E-state index contributed by atoms with van der Waals surface area (Å²) in [4.78, 5) is 25.0. The van der Waals surface area contributed by atoms with Gasteiger partial charge in [-0.3, -0.25) is 9.59 Å². The van der Waals surface area contributed by atoms with E-state index in [1.807, 2.05) is 6.07 Å². The van der Waals surface area contributed by atoms with Gasteiger partial charge in [-0.1, -0.05) is 32.0 Å². The maximum atomic E-state index is 12.7. The molecule has 0 saturated carbocycles. The molecule has 6 nitrogen and oxygen atoms in total. The van der Waals surface area contributed by atoms with Crippen molar-refractivity contribution in [3.8, 4) is 5.75 Å². The van der Waals surface area contributed by atoms with Crippen LogP contribution < -0.4 is 15.4 Å². The Morgan fingerprint density at radius 2 is 1.79 bits per heavy atom. The summed E-state index contributed by atoms with van der Waals surface area (Å²) < 4.78 is 10.7. The van der Waals surface area contributed by atoms with Crippen LogP contribution in [0.3, 0.4) is 0 Å². The molecule has 2 aromatic carbocycles. The minimum Gasteiger partial charge on any atom is -0.494 e. The largest absolute Gasteiger partial charge is 0.494 e. The first-order valence-corrected chi connectivity index (χ1v) is 9.41. The van der Waals surface area contributed by atoms with Crippen LogP contribution in [0.15, 0.2) is 48.5 Å². The predicted octanol–water partition coefficient (Wildman–Crippen LogP) is 3.74. The number of anilines is 1. The molecule has 0 aliphatic rings. The zero-order valence-corrected chi connectivity index (χ0v) is 16.7. The summed E-state index contributed by atoms with van der Waals surface area (Å²) in [6.45, 7) is 5.69. The van der Waals surface area contributed by atoms with Gasteiger partial charge in [0.2, 0.25) is 0 Å². The molecule has 0 saturated heterocycles. The van der Waals surface area contributed by atoms with Gasteiger partial charge in [-0.15, -0.1) is 0 Å². The van der Waals surface area contributed by atoms with Crippen LogP contribution in [0.25, 0.3) is 0 Å². The highest BCUT2D eigenvalue weighted by Gasteiger charge is 2.14. The van der Waals surface area contributed by atoms with Crippen molar-refractivity contribution >= 4 is 17.5 Å². The second kappa shape index (κ2) is 11.1. The fourth-order valence-electron chi connectivity index (χ4n) is 2.49. The Morgan fingerprint density at radius 1 is 1.00 bits per heavy atom. The fourth-order valence-corrected chi connectivity index (χ4v) is 2.49. The number of hydrogen-bond acceptors (Lipinski definition) is 4. The quantitative estimate of drug-likeness (QED) is 0.612. The lowest BCUT2D eigenvalue weighted by Gasteiger charge is -2.12. The molecule has 28 heavy (non-hydrogen) atoms. The average Bonchev–Trinajstić information content (AvgIpc) is 2.68. The first kappa shape index (κ1) is 21.4. The minimum atomic E-state index is -0.300. The Morgan fingerprint density at radius 3 is 2.54 bits per heavy atom. The number of hydrogen-bond donors (Lipinski definition) is 2. The predicted molar refractivity (Wildman–Crippen MR) is 110 cm³/mol. The third-order valence-corrected chi connectivity index (χ3v) is 4.07. The number of nitrogens with one attached hydrogen (secondary N) is 2. The molecule has 0 unspecified atom stereocenters. The van der Waals surface area contributed by atoms with Crippen molar-refractivity contribution in [2.45, 2.75) is 20.3 Å². The lowest BCUT2D eigenvalue weighted by Crippen LogP contribution is -2.28. The van der Waals surface area contributed by atoms with E-state index in [4.69, 9.17) is 9.47 Å². The SMILES string of the molecule is COCCNC(=O)c1ccccc1NC(=O)c1cccc(OCCC(C)C)c1. The summed E-state index contributed by atoms with van der Waals surface area (Å²) in [5, 5.41) is 5.57. The van der Waals surface area contributed by atoms with Crippen LogP contribution in [0.2, 0.25) is 0 Å². The lowest BCUT2D eigenvalue weighted by atomic mass is 10.1.